The van der Waals surface area contributed by atoms with E-state index < -0.39 is 0 Å². The van der Waals surface area contributed by atoms with Crippen LogP contribution in [0.1, 0.15) is 11.1 Å². The number of nitrogens with one attached hydrogen (secondary N) is 2. The van der Waals surface area contributed by atoms with Crippen molar-refractivity contribution in [3.05, 3.63) is 47.8 Å². The zero-order valence-corrected chi connectivity index (χ0v) is 13.0. The van der Waals surface area contributed by atoms with Crippen LogP contribution in [0.3, 0.4) is 0 Å². The molecule has 1 aromatic carbocycles. The van der Waals surface area contributed by atoms with Crippen molar-refractivity contribution in [1.82, 2.24) is 20.0 Å². The standard InChI is InChI=1S/C16H19N5O2/c1-17-15(22)11-21-9-14(6-18-21)19-16(23)10-20-7-12-4-2-3-5-13(12)8-20/h2-6,9H,7-8,10-11H2,1H3,(H,17,22)(H,19,23). The van der Waals surface area contributed by atoms with Crippen molar-refractivity contribution in [3.8, 4) is 0 Å². The number of benzene rings is 1. The summed E-state index contributed by atoms with van der Waals surface area (Å²) in [6, 6.07) is 8.22. The smallest absolute Gasteiger partial charge is 0.241 e. The molecule has 0 saturated carbocycles. The van der Waals surface area contributed by atoms with E-state index in [2.05, 4.69) is 32.8 Å². The summed E-state index contributed by atoms with van der Waals surface area (Å²) < 4.78 is 1.49. The van der Waals surface area contributed by atoms with Crippen LogP contribution in [0.5, 0.6) is 0 Å². The van der Waals surface area contributed by atoms with Gasteiger partial charge in [-0.05, 0) is 11.1 Å². The van der Waals surface area contributed by atoms with Gasteiger partial charge >= 0.3 is 0 Å². The fourth-order valence-corrected chi connectivity index (χ4v) is 2.66. The summed E-state index contributed by atoms with van der Waals surface area (Å²) in [5.41, 5.74) is 3.15. The number of amides is 2. The molecule has 0 radical (unpaired) electrons. The number of hydrogen-bond donors (Lipinski definition) is 2. The van der Waals surface area contributed by atoms with Crippen molar-refractivity contribution in [3.63, 3.8) is 0 Å². The van der Waals surface area contributed by atoms with Crippen molar-refractivity contribution in [2.75, 3.05) is 18.9 Å². The van der Waals surface area contributed by atoms with Crippen LogP contribution in [-0.2, 0) is 29.2 Å². The van der Waals surface area contributed by atoms with Gasteiger partial charge in [0.05, 0.1) is 18.4 Å². The third kappa shape index (κ3) is 3.75. The number of aromatic nitrogens is 2. The normalized spacial score (nSPS) is 13.6. The lowest BCUT2D eigenvalue weighted by Gasteiger charge is -2.13. The zero-order chi connectivity index (χ0) is 16.2. The summed E-state index contributed by atoms with van der Waals surface area (Å²) in [4.78, 5) is 25.5. The van der Waals surface area contributed by atoms with E-state index in [4.69, 9.17) is 0 Å². The second-order valence-electron chi connectivity index (χ2n) is 5.56. The Bertz CT molecular complexity index is 700. The fraction of sp³-hybridized carbons (Fsp3) is 0.312. The minimum absolute atomic E-state index is 0.0858. The SMILES string of the molecule is CNC(=O)Cn1cc(NC(=O)CN2Cc3ccccc3C2)cn1. The molecule has 1 aliphatic heterocycles. The van der Waals surface area contributed by atoms with Gasteiger partial charge in [0.1, 0.15) is 6.54 Å². The first-order chi connectivity index (χ1) is 11.1. The van der Waals surface area contributed by atoms with Gasteiger partial charge in [0.15, 0.2) is 0 Å². The Kier molecular flexibility index (Phi) is 4.38. The van der Waals surface area contributed by atoms with E-state index in [-0.39, 0.29) is 18.4 Å². The molecule has 7 nitrogen and oxygen atoms in total. The van der Waals surface area contributed by atoms with Gasteiger partial charge in [-0.1, -0.05) is 24.3 Å². The Balaban J connectivity index is 1.51. The molecule has 0 unspecified atom stereocenters. The second-order valence-corrected chi connectivity index (χ2v) is 5.56. The van der Waals surface area contributed by atoms with Crippen molar-refractivity contribution < 1.29 is 9.59 Å². The highest BCUT2D eigenvalue weighted by molar-refractivity contribution is 5.92. The molecule has 0 aliphatic carbocycles. The number of nitrogens with zero attached hydrogens (tertiary/aromatic N) is 3. The summed E-state index contributed by atoms with van der Waals surface area (Å²) in [6.07, 6.45) is 3.19. The fourth-order valence-electron chi connectivity index (χ4n) is 2.66. The first kappa shape index (κ1) is 15.2. The molecular formula is C16H19N5O2. The van der Waals surface area contributed by atoms with Gasteiger partial charge in [0.25, 0.3) is 0 Å². The van der Waals surface area contributed by atoms with Gasteiger partial charge in [-0.3, -0.25) is 19.2 Å². The third-order valence-electron chi connectivity index (χ3n) is 3.77. The van der Waals surface area contributed by atoms with E-state index in [1.807, 2.05) is 12.1 Å². The molecule has 2 aromatic rings. The second kappa shape index (κ2) is 6.62. The Morgan fingerprint density at radius 3 is 2.48 bits per heavy atom. The molecule has 0 bridgehead atoms. The predicted molar refractivity (Wildman–Crippen MR) is 85.5 cm³/mol. The van der Waals surface area contributed by atoms with Crippen LogP contribution in [0.4, 0.5) is 5.69 Å². The van der Waals surface area contributed by atoms with E-state index in [1.54, 1.807) is 19.4 Å². The number of carbonyl (C=O) groups is 2. The summed E-state index contributed by atoms with van der Waals surface area (Å²) in [7, 11) is 1.57. The molecule has 1 aromatic heterocycles. The van der Waals surface area contributed by atoms with Crippen molar-refractivity contribution in [1.29, 1.82) is 0 Å². The van der Waals surface area contributed by atoms with Gasteiger partial charge in [0.2, 0.25) is 11.8 Å². The van der Waals surface area contributed by atoms with Crippen LogP contribution in [0.15, 0.2) is 36.7 Å². The average Bonchev–Trinajstić information content (AvgIpc) is 3.12. The van der Waals surface area contributed by atoms with E-state index in [1.165, 1.54) is 15.8 Å². The number of rotatable bonds is 5. The lowest BCUT2D eigenvalue weighted by Crippen LogP contribution is -2.29. The van der Waals surface area contributed by atoms with E-state index in [9.17, 15) is 9.59 Å². The zero-order valence-electron chi connectivity index (χ0n) is 13.0. The van der Waals surface area contributed by atoms with Gasteiger partial charge in [-0.2, -0.15) is 5.10 Å². The molecule has 120 valence electrons. The maximum atomic E-state index is 12.1. The van der Waals surface area contributed by atoms with Crippen LogP contribution in [-0.4, -0.2) is 40.1 Å². The van der Waals surface area contributed by atoms with E-state index >= 15 is 0 Å². The van der Waals surface area contributed by atoms with Gasteiger partial charge < -0.3 is 10.6 Å². The highest BCUT2D eigenvalue weighted by atomic mass is 16.2. The Morgan fingerprint density at radius 1 is 1.13 bits per heavy atom. The highest BCUT2D eigenvalue weighted by Crippen LogP contribution is 2.21. The average molecular weight is 313 g/mol. The maximum absolute atomic E-state index is 12.1. The number of fused-ring (bicyclic) bond motifs is 1. The van der Waals surface area contributed by atoms with E-state index in [0.717, 1.165) is 13.1 Å². The molecule has 23 heavy (non-hydrogen) atoms. The largest absolute Gasteiger partial charge is 0.358 e. The molecule has 0 atom stereocenters. The molecule has 2 amide bonds. The highest BCUT2D eigenvalue weighted by Gasteiger charge is 2.20. The third-order valence-corrected chi connectivity index (χ3v) is 3.77. The summed E-state index contributed by atoms with van der Waals surface area (Å²) in [6.45, 7) is 2.04. The summed E-state index contributed by atoms with van der Waals surface area (Å²) in [5.74, 6) is -0.224. The predicted octanol–water partition coefficient (Wildman–Crippen LogP) is 0.583. The number of carbonyl (C=O) groups excluding carboxylic acids is 2. The molecule has 0 spiro atoms. The van der Waals surface area contributed by atoms with Crippen LogP contribution in [0.25, 0.3) is 0 Å². The first-order valence-corrected chi connectivity index (χ1v) is 7.46. The quantitative estimate of drug-likeness (QED) is 0.846. The number of anilines is 1. The lowest BCUT2D eigenvalue weighted by atomic mass is 10.1. The molecule has 0 saturated heterocycles. The first-order valence-electron chi connectivity index (χ1n) is 7.46. The van der Waals surface area contributed by atoms with E-state index in [0.29, 0.717) is 12.2 Å². The van der Waals surface area contributed by atoms with Crippen LogP contribution in [0, 0.1) is 0 Å². The molecule has 2 heterocycles. The van der Waals surface area contributed by atoms with Gasteiger partial charge in [-0.15, -0.1) is 0 Å². The minimum Gasteiger partial charge on any atom is -0.358 e. The molecule has 0 fully saturated rings. The van der Waals surface area contributed by atoms with Gasteiger partial charge in [-0.25, -0.2) is 0 Å². The Hall–Kier alpha value is -2.67. The number of likely N-dealkylation sites (N-methyl/N-ethyl adjacent to an activating group) is 1. The molecule has 2 N–H and O–H groups in total. The maximum Gasteiger partial charge on any atom is 0.241 e. The lowest BCUT2D eigenvalue weighted by molar-refractivity contribution is -0.121. The molecule has 3 rings (SSSR count). The minimum atomic E-state index is -0.138. The molecular weight excluding hydrogens is 294 g/mol. The van der Waals surface area contributed by atoms with Crippen LogP contribution >= 0.6 is 0 Å². The van der Waals surface area contributed by atoms with Crippen LogP contribution < -0.4 is 10.6 Å². The Labute approximate surface area is 134 Å². The number of hydrogen-bond acceptors (Lipinski definition) is 4. The molecule has 7 heteroatoms. The monoisotopic (exact) mass is 313 g/mol. The van der Waals surface area contributed by atoms with Gasteiger partial charge in [0, 0.05) is 26.3 Å². The van der Waals surface area contributed by atoms with Crippen molar-refractivity contribution in [2.45, 2.75) is 19.6 Å². The van der Waals surface area contributed by atoms with Crippen molar-refractivity contribution >= 4 is 17.5 Å². The van der Waals surface area contributed by atoms with Crippen molar-refractivity contribution in [2.24, 2.45) is 0 Å². The van der Waals surface area contributed by atoms with Crippen LogP contribution in [0.2, 0.25) is 0 Å². The topological polar surface area (TPSA) is 79.3 Å². The summed E-state index contributed by atoms with van der Waals surface area (Å²) in [5, 5.41) is 9.39. The Morgan fingerprint density at radius 2 is 1.83 bits per heavy atom. The summed E-state index contributed by atoms with van der Waals surface area (Å²) >= 11 is 0. The molecule has 1 aliphatic rings.